The fraction of sp³-hybridized carbons (Fsp3) is 0.667. The third-order valence-corrected chi connectivity index (χ3v) is 4.48. The third kappa shape index (κ3) is 5.20. The molecule has 0 aliphatic carbocycles. The number of carbonyl (C=O) groups excluding carboxylic acids is 2. The van der Waals surface area contributed by atoms with Crippen LogP contribution in [0.4, 0.5) is 13.2 Å². The normalized spacial score (nSPS) is 23.1. The standard InChI is InChI=1S/C13H19N5O4.C2HF3O2/c1-8(19)10(11(20)14-5-9-17-16-7-22-9)18-6-13(12(18)21)3-2-4-15-13;3-2(4,5)1(6)7/h7-8,10,15,19H,2-6H2,1H3,(H,14,20);(H,6,7)/t8-,10+,13?;/m1./s1. The second kappa shape index (κ2) is 8.73. The van der Waals surface area contributed by atoms with Gasteiger partial charge in [0.25, 0.3) is 0 Å². The topological polar surface area (TPSA) is 158 Å². The van der Waals surface area contributed by atoms with E-state index in [-0.39, 0.29) is 18.3 Å². The predicted molar refractivity (Wildman–Crippen MR) is 87.0 cm³/mol. The van der Waals surface area contributed by atoms with E-state index in [1.807, 2.05) is 0 Å². The number of aliphatic carboxylic acids is 1. The van der Waals surface area contributed by atoms with Crippen molar-refractivity contribution in [2.75, 3.05) is 13.1 Å². The number of carboxylic acid groups (broad SMARTS) is 1. The van der Waals surface area contributed by atoms with Crippen molar-refractivity contribution in [1.82, 2.24) is 25.7 Å². The quantitative estimate of drug-likeness (QED) is 0.437. The molecule has 14 heteroatoms. The van der Waals surface area contributed by atoms with E-state index in [0.29, 0.717) is 6.54 Å². The fourth-order valence-electron chi connectivity index (χ4n) is 3.12. The second-order valence-electron chi connectivity index (χ2n) is 6.58. The zero-order valence-electron chi connectivity index (χ0n) is 15.3. The Balaban J connectivity index is 0.000000370. The molecular formula is C15H20F3N5O6. The molecule has 0 aromatic carbocycles. The third-order valence-electron chi connectivity index (χ3n) is 4.48. The highest BCUT2D eigenvalue weighted by Crippen LogP contribution is 2.33. The van der Waals surface area contributed by atoms with Crippen LogP contribution in [0, 0.1) is 0 Å². The minimum Gasteiger partial charge on any atom is -0.475 e. The number of aliphatic hydroxyl groups is 1. The van der Waals surface area contributed by atoms with Gasteiger partial charge in [0.15, 0.2) is 0 Å². The molecule has 162 valence electrons. The first-order valence-corrected chi connectivity index (χ1v) is 8.55. The number of β-lactam (4-membered cyclic amide) rings is 1. The van der Waals surface area contributed by atoms with Crippen molar-refractivity contribution in [2.24, 2.45) is 0 Å². The summed E-state index contributed by atoms with van der Waals surface area (Å²) in [5, 5.41) is 30.0. The van der Waals surface area contributed by atoms with E-state index in [1.165, 1.54) is 18.2 Å². The van der Waals surface area contributed by atoms with Crippen LogP contribution in [0.2, 0.25) is 0 Å². The molecule has 29 heavy (non-hydrogen) atoms. The van der Waals surface area contributed by atoms with Gasteiger partial charge in [0.2, 0.25) is 24.1 Å². The molecule has 1 aromatic heterocycles. The van der Waals surface area contributed by atoms with Crippen LogP contribution < -0.4 is 10.6 Å². The highest BCUT2D eigenvalue weighted by Gasteiger charge is 2.57. The number of halogens is 3. The van der Waals surface area contributed by atoms with E-state index in [0.717, 1.165) is 19.4 Å². The molecule has 1 unspecified atom stereocenters. The van der Waals surface area contributed by atoms with E-state index >= 15 is 0 Å². The first-order chi connectivity index (χ1) is 13.5. The molecule has 0 radical (unpaired) electrons. The van der Waals surface area contributed by atoms with E-state index in [1.54, 1.807) is 0 Å². The number of likely N-dealkylation sites (tertiary alicyclic amines) is 1. The van der Waals surface area contributed by atoms with Crippen molar-refractivity contribution in [2.45, 2.75) is 50.2 Å². The molecule has 2 aliphatic rings. The van der Waals surface area contributed by atoms with E-state index in [2.05, 4.69) is 20.8 Å². The maximum Gasteiger partial charge on any atom is 0.490 e. The highest BCUT2D eigenvalue weighted by atomic mass is 19.4. The minimum atomic E-state index is -5.08. The molecule has 3 rings (SSSR count). The molecule has 2 aliphatic heterocycles. The van der Waals surface area contributed by atoms with E-state index < -0.39 is 35.7 Å². The molecule has 2 fully saturated rings. The van der Waals surface area contributed by atoms with Gasteiger partial charge in [-0.2, -0.15) is 13.2 Å². The Labute approximate surface area is 162 Å². The van der Waals surface area contributed by atoms with Crippen LogP contribution in [-0.2, 0) is 20.9 Å². The van der Waals surface area contributed by atoms with E-state index in [4.69, 9.17) is 14.3 Å². The van der Waals surface area contributed by atoms with Crippen molar-refractivity contribution in [1.29, 1.82) is 0 Å². The number of nitrogens with one attached hydrogen (secondary N) is 2. The van der Waals surface area contributed by atoms with Crippen LogP contribution in [0.15, 0.2) is 10.8 Å². The highest BCUT2D eigenvalue weighted by molar-refractivity contribution is 5.97. The molecule has 0 saturated carbocycles. The Hall–Kier alpha value is -2.74. The molecule has 3 atom stereocenters. The Morgan fingerprint density at radius 2 is 2.14 bits per heavy atom. The Morgan fingerprint density at radius 1 is 1.48 bits per heavy atom. The number of aromatic nitrogens is 2. The van der Waals surface area contributed by atoms with Crippen molar-refractivity contribution < 1.29 is 42.2 Å². The van der Waals surface area contributed by atoms with Crippen LogP contribution >= 0.6 is 0 Å². The first-order valence-electron chi connectivity index (χ1n) is 8.55. The molecule has 2 amide bonds. The van der Waals surface area contributed by atoms with Crippen LogP contribution in [0.5, 0.6) is 0 Å². The summed E-state index contributed by atoms with van der Waals surface area (Å²) in [6, 6.07) is -0.913. The summed E-state index contributed by atoms with van der Waals surface area (Å²) < 4.78 is 36.7. The summed E-state index contributed by atoms with van der Waals surface area (Å²) in [6.45, 7) is 2.81. The van der Waals surface area contributed by atoms with Crippen LogP contribution in [0.25, 0.3) is 0 Å². The lowest BCUT2D eigenvalue weighted by molar-refractivity contribution is -0.192. The summed E-state index contributed by atoms with van der Waals surface area (Å²) in [5.74, 6) is -3.05. The number of alkyl halides is 3. The summed E-state index contributed by atoms with van der Waals surface area (Å²) in [7, 11) is 0. The first kappa shape index (κ1) is 22.5. The summed E-state index contributed by atoms with van der Waals surface area (Å²) >= 11 is 0. The molecule has 2 saturated heterocycles. The molecule has 4 N–H and O–H groups in total. The molecule has 11 nitrogen and oxygen atoms in total. The summed E-state index contributed by atoms with van der Waals surface area (Å²) in [4.78, 5) is 35.0. The Bertz CT molecular complexity index is 733. The molecule has 1 spiro atoms. The largest absolute Gasteiger partial charge is 0.490 e. The number of aliphatic hydroxyl groups excluding tert-OH is 1. The predicted octanol–water partition coefficient (Wildman–Crippen LogP) is -0.967. The van der Waals surface area contributed by atoms with Gasteiger partial charge in [-0.3, -0.25) is 9.59 Å². The SMILES string of the molecule is C[C@@H](O)[C@@H](C(=O)NCc1nnco1)N1CC2(CCCN2)C1=O.O=C(O)C(F)(F)F. The van der Waals surface area contributed by atoms with Gasteiger partial charge >= 0.3 is 12.1 Å². The maximum absolute atomic E-state index is 12.4. The molecule has 3 heterocycles. The molecular weight excluding hydrogens is 403 g/mol. The van der Waals surface area contributed by atoms with Gasteiger partial charge in [0, 0.05) is 6.54 Å². The van der Waals surface area contributed by atoms with Crippen molar-refractivity contribution in [3.63, 3.8) is 0 Å². The number of rotatable bonds is 5. The minimum absolute atomic E-state index is 0.0630. The molecule has 0 bridgehead atoms. The van der Waals surface area contributed by atoms with Crippen LogP contribution in [0.3, 0.4) is 0 Å². The lowest BCUT2D eigenvalue weighted by Gasteiger charge is -2.50. The smallest absolute Gasteiger partial charge is 0.475 e. The number of hydrogen-bond acceptors (Lipinski definition) is 8. The van der Waals surface area contributed by atoms with Crippen LogP contribution in [-0.4, -0.2) is 80.0 Å². The van der Waals surface area contributed by atoms with Gasteiger partial charge in [0.05, 0.1) is 12.6 Å². The molecule has 1 aromatic rings. The zero-order chi connectivity index (χ0) is 21.8. The van der Waals surface area contributed by atoms with Gasteiger partial charge in [-0.25, -0.2) is 4.79 Å². The van der Waals surface area contributed by atoms with Gasteiger partial charge < -0.3 is 30.2 Å². The monoisotopic (exact) mass is 423 g/mol. The summed E-state index contributed by atoms with van der Waals surface area (Å²) in [6.07, 6.45) is -3.16. The average molecular weight is 423 g/mol. The van der Waals surface area contributed by atoms with Gasteiger partial charge in [0.1, 0.15) is 11.6 Å². The number of amides is 2. The fourth-order valence-corrected chi connectivity index (χ4v) is 3.12. The van der Waals surface area contributed by atoms with Crippen LogP contribution in [0.1, 0.15) is 25.7 Å². The number of carbonyl (C=O) groups is 3. The van der Waals surface area contributed by atoms with Crippen molar-refractivity contribution in [3.8, 4) is 0 Å². The second-order valence-corrected chi connectivity index (χ2v) is 6.58. The summed E-state index contributed by atoms with van der Waals surface area (Å²) in [5.41, 5.74) is -0.528. The lowest BCUT2D eigenvalue weighted by Crippen LogP contribution is -2.76. The van der Waals surface area contributed by atoms with Gasteiger partial charge in [-0.05, 0) is 26.3 Å². The average Bonchev–Trinajstić information content (AvgIpc) is 3.31. The Kier molecular flexibility index (Phi) is 6.79. The number of carboxylic acids is 1. The van der Waals surface area contributed by atoms with Crippen molar-refractivity contribution >= 4 is 17.8 Å². The van der Waals surface area contributed by atoms with Gasteiger partial charge in [-0.1, -0.05) is 0 Å². The Morgan fingerprint density at radius 3 is 2.55 bits per heavy atom. The van der Waals surface area contributed by atoms with E-state index in [9.17, 15) is 27.9 Å². The number of nitrogens with zero attached hydrogens (tertiary/aromatic N) is 3. The maximum atomic E-state index is 12.4. The van der Waals surface area contributed by atoms with Gasteiger partial charge in [-0.15, -0.1) is 10.2 Å². The lowest BCUT2D eigenvalue weighted by atomic mass is 9.84. The number of hydrogen-bond donors (Lipinski definition) is 4. The van der Waals surface area contributed by atoms with Crippen molar-refractivity contribution in [3.05, 3.63) is 12.3 Å². The zero-order valence-corrected chi connectivity index (χ0v) is 15.3.